The van der Waals surface area contributed by atoms with Crippen LogP contribution in [0.25, 0.3) is 0 Å². The van der Waals surface area contributed by atoms with E-state index in [2.05, 4.69) is 41.8 Å². The first-order chi connectivity index (χ1) is 11.2. The largest absolute Gasteiger partial charge is 0.379 e. The van der Waals surface area contributed by atoms with Crippen LogP contribution in [-0.2, 0) is 16.1 Å². The van der Waals surface area contributed by atoms with Gasteiger partial charge in [-0.3, -0.25) is 4.79 Å². The fraction of sp³-hybridized carbons (Fsp3) is 0.611. The minimum absolute atomic E-state index is 0.242. The van der Waals surface area contributed by atoms with Gasteiger partial charge in [0.25, 0.3) is 0 Å². The average molecular weight is 317 g/mol. The summed E-state index contributed by atoms with van der Waals surface area (Å²) in [6.45, 7) is 6.50. The van der Waals surface area contributed by atoms with Gasteiger partial charge in [-0.15, -0.1) is 0 Å². The first-order valence-corrected chi connectivity index (χ1v) is 8.66. The summed E-state index contributed by atoms with van der Waals surface area (Å²) in [4.78, 5) is 13.6. The number of nitrogens with zero attached hydrogens (tertiary/aromatic N) is 1. The van der Waals surface area contributed by atoms with Crippen LogP contribution in [0, 0.1) is 0 Å². The fourth-order valence-corrected chi connectivity index (χ4v) is 3.29. The smallest absolute Gasteiger partial charge is 0.227 e. The summed E-state index contributed by atoms with van der Waals surface area (Å²) in [5.74, 6) is 0.242. The number of rotatable bonds is 6. The van der Waals surface area contributed by atoms with Crippen LogP contribution in [0.2, 0.25) is 0 Å². The molecular formula is C18H27N3O2. The number of amides is 1. The monoisotopic (exact) mass is 317 g/mol. The van der Waals surface area contributed by atoms with E-state index >= 15 is 0 Å². The molecule has 2 N–H and O–H groups in total. The van der Waals surface area contributed by atoms with Gasteiger partial charge in [-0.05, 0) is 37.5 Å². The fourth-order valence-electron chi connectivity index (χ4n) is 3.29. The Morgan fingerprint density at radius 2 is 2.22 bits per heavy atom. The van der Waals surface area contributed by atoms with Crippen molar-refractivity contribution in [2.45, 2.75) is 44.8 Å². The van der Waals surface area contributed by atoms with Crippen molar-refractivity contribution in [3.8, 4) is 0 Å². The molecular weight excluding hydrogens is 290 g/mol. The lowest BCUT2D eigenvalue weighted by atomic mass is 10.1. The Kier molecular flexibility index (Phi) is 5.65. The Bertz CT molecular complexity index is 512. The highest BCUT2D eigenvalue weighted by atomic mass is 16.5. The molecule has 126 valence electrons. The summed E-state index contributed by atoms with van der Waals surface area (Å²) >= 11 is 0. The highest BCUT2D eigenvalue weighted by molar-refractivity contribution is 5.95. The molecule has 5 nitrogen and oxygen atoms in total. The molecule has 5 heteroatoms. The molecule has 2 aliphatic heterocycles. The lowest BCUT2D eigenvalue weighted by Crippen LogP contribution is -2.44. The molecule has 0 aromatic heterocycles. The van der Waals surface area contributed by atoms with Crippen molar-refractivity contribution >= 4 is 11.6 Å². The van der Waals surface area contributed by atoms with Gasteiger partial charge in [0.1, 0.15) is 0 Å². The molecule has 2 fully saturated rings. The van der Waals surface area contributed by atoms with Crippen molar-refractivity contribution in [1.82, 2.24) is 10.6 Å². The van der Waals surface area contributed by atoms with Crippen LogP contribution >= 0.6 is 0 Å². The van der Waals surface area contributed by atoms with Crippen molar-refractivity contribution in [3.05, 3.63) is 29.8 Å². The standard InChI is InChI=1S/C18H27N3O2/c1-14(11-16-13-23-10-8-19-16)20-12-15-4-6-17(7-5-15)21-9-2-3-18(21)22/h4-7,14,16,19-20H,2-3,8-13H2,1H3. The second-order valence-corrected chi connectivity index (χ2v) is 6.56. The van der Waals surface area contributed by atoms with E-state index in [1.54, 1.807) is 0 Å². The van der Waals surface area contributed by atoms with Gasteiger partial charge in [-0.1, -0.05) is 12.1 Å². The summed E-state index contributed by atoms with van der Waals surface area (Å²) < 4.78 is 5.49. The van der Waals surface area contributed by atoms with Crippen molar-refractivity contribution in [2.75, 3.05) is 31.2 Å². The van der Waals surface area contributed by atoms with Gasteiger partial charge >= 0.3 is 0 Å². The van der Waals surface area contributed by atoms with E-state index in [-0.39, 0.29) is 5.91 Å². The molecule has 0 bridgehead atoms. The summed E-state index contributed by atoms with van der Waals surface area (Å²) in [7, 11) is 0. The van der Waals surface area contributed by atoms with E-state index in [9.17, 15) is 4.79 Å². The van der Waals surface area contributed by atoms with Gasteiger partial charge in [0, 0.05) is 43.8 Å². The van der Waals surface area contributed by atoms with Gasteiger partial charge in [-0.2, -0.15) is 0 Å². The number of anilines is 1. The molecule has 0 radical (unpaired) electrons. The molecule has 2 unspecified atom stereocenters. The molecule has 0 saturated carbocycles. The van der Waals surface area contributed by atoms with Crippen molar-refractivity contribution in [3.63, 3.8) is 0 Å². The lowest BCUT2D eigenvalue weighted by Gasteiger charge is -2.26. The van der Waals surface area contributed by atoms with Gasteiger partial charge in [0.2, 0.25) is 5.91 Å². The van der Waals surface area contributed by atoms with Gasteiger partial charge < -0.3 is 20.3 Å². The van der Waals surface area contributed by atoms with Gasteiger partial charge in [0.15, 0.2) is 0 Å². The third-order valence-corrected chi connectivity index (χ3v) is 4.61. The summed E-state index contributed by atoms with van der Waals surface area (Å²) in [5.41, 5.74) is 2.27. The second-order valence-electron chi connectivity index (χ2n) is 6.56. The van der Waals surface area contributed by atoms with E-state index in [1.807, 2.05) is 4.90 Å². The highest BCUT2D eigenvalue weighted by Crippen LogP contribution is 2.21. The number of carbonyl (C=O) groups excluding carboxylic acids is 1. The van der Waals surface area contributed by atoms with Gasteiger partial charge in [0.05, 0.1) is 13.2 Å². The predicted molar refractivity (Wildman–Crippen MR) is 91.6 cm³/mol. The van der Waals surface area contributed by atoms with Crippen LogP contribution in [0.4, 0.5) is 5.69 Å². The van der Waals surface area contributed by atoms with Gasteiger partial charge in [-0.25, -0.2) is 0 Å². The Labute approximate surface area is 138 Å². The Morgan fingerprint density at radius 3 is 2.87 bits per heavy atom. The Balaban J connectivity index is 1.45. The quantitative estimate of drug-likeness (QED) is 0.838. The van der Waals surface area contributed by atoms with E-state index < -0.39 is 0 Å². The van der Waals surface area contributed by atoms with Crippen LogP contribution in [-0.4, -0.2) is 44.3 Å². The highest BCUT2D eigenvalue weighted by Gasteiger charge is 2.21. The SMILES string of the molecule is CC(CC1COCCN1)NCc1ccc(N2CCCC2=O)cc1. The molecule has 2 heterocycles. The zero-order valence-corrected chi connectivity index (χ0v) is 13.9. The van der Waals surface area contributed by atoms with E-state index in [0.29, 0.717) is 18.5 Å². The third-order valence-electron chi connectivity index (χ3n) is 4.61. The normalized spacial score (nSPS) is 23.3. The second kappa shape index (κ2) is 7.90. The molecule has 1 aromatic rings. The zero-order chi connectivity index (χ0) is 16.1. The number of ether oxygens (including phenoxy) is 1. The minimum atomic E-state index is 0.242. The van der Waals surface area contributed by atoms with E-state index in [1.165, 1.54) is 5.56 Å². The number of hydrogen-bond acceptors (Lipinski definition) is 4. The zero-order valence-electron chi connectivity index (χ0n) is 13.9. The molecule has 2 aliphatic rings. The summed E-state index contributed by atoms with van der Waals surface area (Å²) in [6.07, 6.45) is 2.72. The average Bonchev–Trinajstić information content (AvgIpc) is 3.00. The maximum Gasteiger partial charge on any atom is 0.227 e. The summed E-state index contributed by atoms with van der Waals surface area (Å²) in [6, 6.07) is 9.23. The predicted octanol–water partition coefficient (Wildman–Crippen LogP) is 1.67. The lowest BCUT2D eigenvalue weighted by molar-refractivity contribution is -0.117. The van der Waals surface area contributed by atoms with Crippen molar-refractivity contribution in [2.24, 2.45) is 0 Å². The third kappa shape index (κ3) is 4.53. The van der Waals surface area contributed by atoms with Crippen LogP contribution in [0.1, 0.15) is 31.7 Å². The molecule has 0 aliphatic carbocycles. The number of benzene rings is 1. The molecule has 0 spiro atoms. The molecule has 3 rings (SSSR count). The number of hydrogen-bond donors (Lipinski definition) is 2. The van der Waals surface area contributed by atoms with Crippen LogP contribution in [0.5, 0.6) is 0 Å². The molecule has 2 atom stereocenters. The molecule has 1 amide bonds. The Hall–Kier alpha value is -1.43. The molecule has 1 aromatic carbocycles. The van der Waals surface area contributed by atoms with Crippen molar-refractivity contribution in [1.29, 1.82) is 0 Å². The Morgan fingerprint density at radius 1 is 1.39 bits per heavy atom. The number of carbonyl (C=O) groups is 1. The number of morpholine rings is 1. The minimum Gasteiger partial charge on any atom is -0.379 e. The maximum absolute atomic E-state index is 11.8. The van der Waals surface area contributed by atoms with Crippen LogP contribution in [0.15, 0.2) is 24.3 Å². The topological polar surface area (TPSA) is 53.6 Å². The first-order valence-electron chi connectivity index (χ1n) is 8.66. The van der Waals surface area contributed by atoms with Crippen LogP contribution in [0.3, 0.4) is 0 Å². The maximum atomic E-state index is 11.8. The number of nitrogens with one attached hydrogen (secondary N) is 2. The van der Waals surface area contributed by atoms with Crippen LogP contribution < -0.4 is 15.5 Å². The summed E-state index contributed by atoms with van der Waals surface area (Å²) in [5, 5.41) is 7.06. The first kappa shape index (κ1) is 16.4. The van der Waals surface area contributed by atoms with E-state index in [4.69, 9.17) is 4.74 Å². The molecule has 2 saturated heterocycles. The van der Waals surface area contributed by atoms with Crippen molar-refractivity contribution < 1.29 is 9.53 Å². The van der Waals surface area contributed by atoms with E-state index in [0.717, 1.165) is 51.4 Å². The molecule has 23 heavy (non-hydrogen) atoms.